The summed E-state index contributed by atoms with van der Waals surface area (Å²) in [5, 5.41) is 2.53. The van der Waals surface area contributed by atoms with E-state index in [1.54, 1.807) is 9.47 Å². The van der Waals surface area contributed by atoms with Crippen LogP contribution in [-0.2, 0) is 6.54 Å². The third-order valence-corrected chi connectivity index (χ3v) is 6.69. The summed E-state index contributed by atoms with van der Waals surface area (Å²) < 4.78 is 34.7. The van der Waals surface area contributed by atoms with Crippen LogP contribution in [0.4, 0.5) is 8.78 Å². The minimum atomic E-state index is -0.800. The Morgan fingerprint density at radius 2 is 2.06 bits per heavy atom. The lowest BCUT2D eigenvalue weighted by molar-refractivity contribution is 0.0611. The van der Waals surface area contributed by atoms with Gasteiger partial charge in [-0.25, -0.2) is 8.78 Å². The summed E-state index contributed by atoms with van der Waals surface area (Å²) in [4.78, 5) is 41.6. The Morgan fingerprint density at radius 1 is 1.29 bits per heavy atom. The van der Waals surface area contributed by atoms with Gasteiger partial charge < -0.3 is 19.5 Å². The summed E-state index contributed by atoms with van der Waals surface area (Å²) in [5.74, 6) is -2.73. The molecule has 0 spiro atoms. The number of unbranched alkanes of at least 4 members (excludes halogenated alkanes) is 1. The number of fused-ring (bicyclic) bond motifs is 4. The number of carbonyl (C=O) groups is 2. The van der Waals surface area contributed by atoms with Crippen molar-refractivity contribution >= 4 is 11.8 Å². The molecule has 1 N–H and O–H groups in total. The van der Waals surface area contributed by atoms with Gasteiger partial charge in [0, 0.05) is 37.0 Å². The molecule has 0 aliphatic carbocycles. The van der Waals surface area contributed by atoms with E-state index in [-0.39, 0.29) is 53.7 Å². The molecule has 3 heterocycles. The van der Waals surface area contributed by atoms with Crippen molar-refractivity contribution in [3.63, 3.8) is 0 Å². The van der Waals surface area contributed by atoms with E-state index in [0.29, 0.717) is 19.4 Å². The molecular formula is C26H29F2N3O4. The second kappa shape index (κ2) is 10.0. The molecule has 2 amide bonds. The van der Waals surface area contributed by atoms with Crippen LogP contribution >= 0.6 is 0 Å². The van der Waals surface area contributed by atoms with Gasteiger partial charge in [0.15, 0.2) is 11.4 Å². The van der Waals surface area contributed by atoms with Crippen molar-refractivity contribution in [2.75, 3.05) is 13.2 Å². The van der Waals surface area contributed by atoms with E-state index in [1.807, 2.05) is 13.8 Å². The van der Waals surface area contributed by atoms with Crippen LogP contribution < -0.4 is 15.5 Å². The number of ether oxygens (including phenoxy) is 1. The van der Waals surface area contributed by atoms with Crippen molar-refractivity contribution in [1.82, 2.24) is 14.8 Å². The van der Waals surface area contributed by atoms with Crippen molar-refractivity contribution in [3.8, 4) is 5.75 Å². The Bertz CT molecular complexity index is 1240. The first kappa shape index (κ1) is 24.6. The molecule has 9 heteroatoms. The highest BCUT2D eigenvalue weighted by atomic mass is 19.1. The summed E-state index contributed by atoms with van der Waals surface area (Å²) in [6.07, 6.45) is 4.33. The quantitative estimate of drug-likeness (QED) is 0.475. The topological polar surface area (TPSA) is 80.6 Å². The molecule has 2 aromatic rings. The maximum absolute atomic E-state index is 14.0. The van der Waals surface area contributed by atoms with E-state index in [4.69, 9.17) is 4.74 Å². The van der Waals surface area contributed by atoms with Crippen LogP contribution in [0.3, 0.4) is 0 Å². The first-order valence-corrected chi connectivity index (χ1v) is 11.9. The zero-order valence-electron chi connectivity index (χ0n) is 19.9. The van der Waals surface area contributed by atoms with Crippen LogP contribution in [0, 0.1) is 11.6 Å². The fraction of sp³-hybridized carbons (Fsp3) is 0.423. The number of rotatable bonds is 7. The van der Waals surface area contributed by atoms with E-state index >= 15 is 0 Å². The summed E-state index contributed by atoms with van der Waals surface area (Å²) in [5.41, 5.74) is 0.188. The largest absolute Gasteiger partial charge is 0.487 e. The van der Waals surface area contributed by atoms with E-state index in [2.05, 4.69) is 11.9 Å². The number of hydrogen-bond acceptors (Lipinski definition) is 4. The number of nitrogens with one attached hydrogen (secondary N) is 1. The third-order valence-electron chi connectivity index (χ3n) is 6.69. The lowest BCUT2D eigenvalue weighted by Crippen LogP contribution is -2.48. The highest BCUT2D eigenvalue weighted by molar-refractivity contribution is 5.99. The average Bonchev–Trinajstić information content (AvgIpc) is 2.95. The summed E-state index contributed by atoms with van der Waals surface area (Å²) in [6.45, 7) is 8.52. The zero-order chi connectivity index (χ0) is 25.3. The first-order valence-electron chi connectivity index (χ1n) is 11.9. The second-order valence-electron chi connectivity index (χ2n) is 9.10. The Kier molecular flexibility index (Phi) is 7.05. The number of aromatic nitrogens is 1. The molecule has 1 aromatic carbocycles. The van der Waals surface area contributed by atoms with Gasteiger partial charge in [0.2, 0.25) is 5.43 Å². The number of benzene rings is 1. The number of hydrogen-bond donors (Lipinski definition) is 1. The van der Waals surface area contributed by atoms with Crippen LogP contribution in [-0.4, -0.2) is 40.5 Å². The fourth-order valence-electron chi connectivity index (χ4n) is 4.53. The predicted molar refractivity (Wildman–Crippen MR) is 127 cm³/mol. The van der Waals surface area contributed by atoms with Gasteiger partial charge in [-0.3, -0.25) is 14.4 Å². The second-order valence-corrected chi connectivity index (χ2v) is 9.10. The molecule has 1 saturated heterocycles. The summed E-state index contributed by atoms with van der Waals surface area (Å²) in [6, 6.07) is 2.72. The minimum Gasteiger partial charge on any atom is -0.487 e. The average molecular weight is 486 g/mol. The van der Waals surface area contributed by atoms with Crippen LogP contribution in [0.2, 0.25) is 0 Å². The van der Waals surface area contributed by atoms with Gasteiger partial charge in [0.25, 0.3) is 11.8 Å². The molecule has 4 rings (SSSR count). The zero-order valence-corrected chi connectivity index (χ0v) is 19.9. The van der Waals surface area contributed by atoms with Crippen molar-refractivity contribution < 1.29 is 23.1 Å². The molecule has 7 nitrogen and oxygen atoms in total. The number of nitrogens with zero attached hydrogens (tertiary/aromatic N) is 2. The molecule has 0 unspecified atom stereocenters. The maximum Gasteiger partial charge on any atom is 0.274 e. The number of halogens is 2. The van der Waals surface area contributed by atoms with Crippen LogP contribution in [0.15, 0.2) is 41.3 Å². The van der Waals surface area contributed by atoms with E-state index < -0.39 is 23.0 Å². The van der Waals surface area contributed by atoms with Gasteiger partial charge in [-0.2, -0.15) is 0 Å². The van der Waals surface area contributed by atoms with Crippen molar-refractivity contribution in [2.45, 2.75) is 58.2 Å². The van der Waals surface area contributed by atoms with E-state index in [9.17, 15) is 23.2 Å². The Labute approximate surface area is 202 Å². The van der Waals surface area contributed by atoms with Gasteiger partial charge in [0.1, 0.15) is 17.2 Å². The summed E-state index contributed by atoms with van der Waals surface area (Å²) >= 11 is 0. The molecule has 2 aliphatic rings. The first-order chi connectivity index (χ1) is 16.7. The standard InChI is InChI=1S/C26H29F2N3O4/c1-4-5-10-35-24-22-26(34)30-14-21(15(2)6-7-16(30)3)31(22)13-19(23(24)32)25(33)29-12-17-8-9-18(27)11-20(17)28/h8-9,11,13,16,21H,2,4-7,10,12,14H2,1,3H3,(H,29,33)/t16-,21+/m0/s1. The van der Waals surface area contributed by atoms with Crippen molar-refractivity contribution in [3.05, 3.63) is 75.2 Å². The molecule has 35 heavy (non-hydrogen) atoms. The predicted octanol–water partition coefficient (Wildman–Crippen LogP) is 3.97. The normalized spacial score (nSPS) is 19.3. The molecule has 2 aliphatic heterocycles. The lowest BCUT2D eigenvalue weighted by atomic mass is 10.0. The smallest absolute Gasteiger partial charge is 0.274 e. The molecule has 0 saturated carbocycles. The Morgan fingerprint density at radius 3 is 2.77 bits per heavy atom. The van der Waals surface area contributed by atoms with Crippen LogP contribution in [0.1, 0.15) is 72.0 Å². The van der Waals surface area contributed by atoms with Gasteiger partial charge in [-0.15, -0.1) is 0 Å². The molecule has 1 fully saturated rings. The van der Waals surface area contributed by atoms with Gasteiger partial charge in [0.05, 0.1) is 12.6 Å². The molecule has 2 atom stereocenters. The SMILES string of the molecule is C=C1CC[C@H](C)N2C[C@H]1n1cc(C(=O)NCc3ccc(F)cc3F)c(=O)c(OCCCC)c1C2=O. The molecule has 1 aromatic heterocycles. The van der Waals surface area contributed by atoms with Gasteiger partial charge in [-0.05, 0) is 32.3 Å². The monoisotopic (exact) mass is 485 g/mol. The third kappa shape index (κ3) is 4.72. The van der Waals surface area contributed by atoms with Crippen LogP contribution in [0.5, 0.6) is 5.75 Å². The maximum atomic E-state index is 14.0. The highest BCUT2D eigenvalue weighted by Crippen LogP contribution is 2.36. The van der Waals surface area contributed by atoms with Crippen LogP contribution in [0.25, 0.3) is 0 Å². The number of carbonyl (C=O) groups excluding carboxylic acids is 2. The summed E-state index contributed by atoms with van der Waals surface area (Å²) in [7, 11) is 0. The number of amides is 2. The molecule has 2 bridgehead atoms. The van der Waals surface area contributed by atoms with Gasteiger partial charge in [-0.1, -0.05) is 31.6 Å². The highest BCUT2D eigenvalue weighted by Gasteiger charge is 2.40. The van der Waals surface area contributed by atoms with Gasteiger partial charge >= 0.3 is 0 Å². The molecule has 0 radical (unpaired) electrons. The van der Waals surface area contributed by atoms with E-state index in [1.165, 1.54) is 12.3 Å². The molecule has 186 valence electrons. The lowest BCUT2D eigenvalue weighted by Gasteiger charge is -2.37. The molecular weight excluding hydrogens is 456 g/mol. The van der Waals surface area contributed by atoms with Crippen molar-refractivity contribution in [1.29, 1.82) is 0 Å². The number of pyridine rings is 1. The Hall–Kier alpha value is -3.49. The van der Waals surface area contributed by atoms with Crippen molar-refractivity contribution in [2.24, 2.45) is 0 Å². The Balaban J connectivity index is 1.75. The minimum absolute atomic E-state index is 0.0230. The van der Waals surface area contributed by atoms with E-state index in [0.717, 1.165) is 30.5 Å². The fourth-order valence-corrected chi connectivity index (χ4v) is 4.53.